The van der Waals surface area contributed by atoms with E-state index in [1.54, 1.807) is 0 Å². The fourth-order valence-electron chi connectivity index (χ4n) is 1.02. The van der Waals surface area contributed by atoms with Gasteiger partial charge in [0.25, 0.3) is 5.91 Å². The van der Waals surface area contributed by atoms with Gasteiger partial charge in [0.05, 0.1) is 11.9 Å². The number of nitrogens with one attached hydrogen (secondary N) is 1. The van der Waals surface area contributed by atoms with Crippen LogP contribution in [-0.2, 0) is 21.4 Å². The minimum absolute atomic E-state index is 0.106. The van der Waals surface area contributed by atoms with Crippen LogP contribution in [0.25, 0.3) is 0 Å². The van der Waals surface area contributed by atoms with Crippen LogP contribution in [0.4, 0.5) is 0 Å². The quantitative estimate of drug-likeness (QED) is 0.513. The van der Waals surface area contributed by atoms with Crippen molar-refractivity contribution in [1.29, 1.82) is 0 Å². The first-order valence-electron chi connectivity index (χ1n) is 4.68. The van der Waals surface area contributed by atoms with Crippen LogP contribution >= 0.6 is 0 Å². The van der Waals surface area contributed by atoms with Crippen LogP contribution in [0.5, 0.6) is 0 Å². The Morgan fingerprint density at radius 2 is 2.17 bits per heavy atom. The fraction of sp³-hybridized carbons (Fsp3) is 0.429. The number of carbonyl (C=O) groups excluding carboxylic acids is 1. The number of carboxylic acids is 1. The summed E-state index contributed by atoms with van der Waals surface area (Å²) in [7, 11) is -3.65. The van der Waals surface area contributed by atoms with Crippen molar-refractivity contribution in [3.63, 3.8) is 0 Å². The second kappa shape index (κ2) is 5.55. The number of primary sulfonamides is 1. The zero-order chi connectivity index (χ0) is 13.8. The molecule has 1 rings (SSSR count). The van der Waals surface area contributed by atoms with Crippen LogP contribution in [0.1, 0.15) is 10.5 Å². The summed E-state index contributed by atoms with van der Waals surface area (Å²) in [4.78, 5) is 21.8. The number of nitrogens with two attached hydrogens (primary N) is 1. The Labute approximate surface area is 102 Å². The third kappa shape index (κ3) is 4.88. The number of aliphatic carboxylic acids is 1. The first-order chi connectivity index (χ1) is 8.28. The molecule has 0 unspecified atom stereocenters. The van der Waals surface area contributed by atoms with Gasteiger partial charge in [0.1, 0.15) is 6.54 Å². The molecule has 0 saturated heterocycles. The van der Waals surface area contributed by atoms with E-state index >= 15 is 0 Å². The van der Waals surface area contributed by atoms with E-state index < -0.39 is 34.2 Å². The maximum atomic E-state index is 11.4. The Kier molecular flexibility index (Phi) is 4.33. The maximum absolute atomic E-state index is 11.4. The van der Waals surface area contributed by atoms with E-state index in [2.05, 4.69) is 15.6 Å². The monoisotopic (exact) mass is 277 g/mol. The normalized spacial score (nSPS) is 11.2. The lowest BCUT2D eigenvalue weighted by Gasteiger charge is -2.00. The highest BCUT2D eigenvalue weighted by molar-refractivity contribution is 7.89. The summed E-state index contributed by atoms with van der Waals surface area (Å²) in [5.74, 6) is -2.18. The van der Waals surface area contributed by atoms with E-state index in [-0.39, 0.29) is 12.2 Å². The van der Waals surface area contributed by atoms with E-state index in [0.717, 1.165) is 10.9 Å². The van der Waals surface area contributed by atoms with Crippen molar-refractivity contribution in [1.82, 2.24) is 20.3 Å². The molecule has 0 saturated carbocycles. The van der Waals surface area contributed by atoms with Gasteiger partial charge in [0.2, 0.25) is 10.0 Å². The summed E-state index contributed by atoms with van der Waals surface area (Å²) in [6.45, 7) is -0.582. The molecule has 1 heterocycles. The predicted octanol–water partition coefficient (Wildman–Crippen LogP) is -2.62. The van der Waals surface area contributed by atoms with E-state index in [1.165, 1.54) is 0 Å². The molecule has 0 aromatic carbocycles. The third-order valence-corrected chi connectivity index (χ3v) is 2.51. The molecule has 1 aromatic rings. The van der Waals surface area contributed by atoms with Gasteiger partial charge in [-0.05, 0) is 0 Å². The van der Waals surface area contributed by atoms with Gasteiger partial charge in [-0.25, -0.2) is 18.2 Å². The summed E-state index contributed by atoms with van der Waals surface area (Å²) < 4.78 is 22.2. The number of nitrogens with zero attached hydrogens (tertiary/aromatic N) is 3. The number of sulfonamides is 1. The van der Waals surface area contributed by atoms with Crippen molar-refractivity contribution in [3.8, 4) is 0 Å². The molecule has 0 aliphatic rings. The molecule has 0 spiro atoms. The van der Waals surface area contributed by atoms with Gasteiger partial charge in [-0.3, -0.25) is 9.59 Å². The SMILES string of the molecule is NS(=O)(=O)CCNC(=O)c1cn(CC(=O)O)nn1. The van der Waals surface area contributed by atoms with Gasteiger partial charge in [-0.15, -0.1) is 5.10 Å². The van der Waals surface area contributed by atoms with Crippen LogP contribution in [0.15, 0.2) is 6.20 Å². The zero-order valence-corrected chi connectivity index (χ0v) is 9.92. The average Bonchev–Trinajstić information content (AvgIpc) is 2.63. The minimum Gasteiger partial charge on any atom is -0.480 e. The number of hydrogen-bond acceptors (Lipinski definition) is 6. The molecule has 0 aliphatic carbocycles. The fourth-order valence-corrected chi connectivity index (χ4v) is 1.40. The average molecular weight is 277 g/mol. The third-order valence-electron chi connectivity index (χ3n) is 1.74. The van der Waals surface area contributed by atoms with Crippen molar-refractivity contribution >= 4 is 21.9 Å². The molecule has 10 nitrogen and oxygen atoms in total. The topological polar surface area (TPSA) is 157 Å². The highest BCUT2D eigenvalue weighted by atomic mass is 32.2. The molecule has 100 valence electrons. The molecule has 1 amide bonds. The lowest BCUT2D eigenvalue weighted by Crippen LogP contribution is -2.31. The van der Waals surface area contributed by atoms with E-state index in [0.29, 0.717) is 0 Å². The Morgan fingerprint density at radius 1 is 1.50 bits per heavy atom. The first-order valence-corrected chi connectivity index (χ1v) is 6.40. The zero-order valence-electron chi connectivity index (χ0n) is 9.11. The molecule has 11 heteroatoms. The summed E-state index contributed by atoms with van der Waals surface area (Å²) >= 11 is 0. The second-order valence-corrected chi connectivity index (χ2v) is 5.05. The Morgan fingerprint density at radius 3 is 2.72 bits per heavy atom. The lowest BCUT2D eigenvalue weighted by atomic mass is 10.4. The van der Waals surface area contributed by atoms with Crippen LogP contribution in [0.2, 0.25) is 0 Å². The number of carbonyl (C=O) groups is 2. The van der Waals surface area contributed by atoms with Gasteiger partial charge < -0.3 is 10.4 Å². The second-order valence-electron chi connectivity index (χ2n) is 3.32. The highest BCUT2D eigenvalue weighted by Gasteiger charge is 2.12. The molecular formula is C7H11N5O5S. The molecule has 0 bridgehead atoms. The van der Waals surface area contributed by atoms with Crippen LogP contribution in [-0.4, -0.2) is 52.7 Å². The van der Waals surface area contributed by atoms with Gasteiger partial charge >= 0.3 is 5.97 Å². The van der Waals surface area contributed by atoms with Gasteiger partial charge in [-0.1, -0.05) is 5.21 Å². The molecule has 0 atom stereocenters. The molecular weight excluding hydrogens is 266 g/mol. The van der Waals surface area contributed by atoms with Crippen molar-refractivity contribution < 1.29 is 23.1 Å². The van der Waals surface area contributed by atoms with E-state index in [1.807, 2.05) is 0 Å². The summed E-state index contributed by atoms with van der Waals surface area (Å²) in [6, 6.07) is 0. The van der Waals surface area contributed by atoms with Crippen LogP contribution in [0.3, 0.4) is 0 Å². The highest BCUT2D eigenvalue weighted by Crippen LogP contribution is 1.93. The Bertz CT molecular complexity index is 550. The summed E-state index contributed by atoms with van der Waals surface area (Å²) in [5.41, 5.74) is -0.106. The van der Waals surface area contributed by atoms with Crippen molar-refractivity contribution in [2.75, 3.05) is 12.3 Å². The van der Waals surface area contributed by atoms with Crippen molar-refractivity contribution in [2.45, 2.75) is 6.54 Å². The van der Waals surface area contributed by atoms with E-state index in [9.17, 15) is 18.0 Å². The van der Waals surface area contributed by atoms with Crippen molar-refractivity contribution in [2.24, 2.45) is 5.14 Å². The number of aromatic nitrogens is 3. The molecule has 4 N–H and O–H groups in total. The largest absolute Gasteiger partial charge is 0.480 e. The van der Waals surface area contributed by atoms with Gasteiger partial charge in [-0.2, -0.15) is 0 Å². The minimum atomic E-state index is -3.65. The maximum Gasteiger partial charge on any atom is 0.325 e. The predicted molar refractivity (Wildman–Crippen MR) is 58.0 cm³/mol. The number of rotatable bonds is 6. The number of hydrogen-bond donors (Lipinski definition) is 3. The molecule has 18 heavy (non-hydrogen) atoms. The molecule has 0 fully saturated rings. The lowest BCUT2D eigenvalue weighted by molar-refractivity contribution is -0.137. The van der Waals surface area contributed by atoms with Crippen LogP contribution < -0.4 is 10.5 Å². The molecule has 0 radical (unpaired) electrons. The van der Waals surface area contributed by atoms with Crippen molar-refractivity contribution in [3.05, 3.63) is 11.9 Å². The van der Waals surface area contributed by atoms with E-state index in [4.69, 9.17) is 10.2 Å². The van der Waals surface area contributed by atoms with Gasteiger partial charge in [0, 0.05) is 6.54 Å². The first kappa shape index (κ1) is 14.1. The summed E-state index contributed by atoms with van der Waals surface area (Å²) in [6.07, 6.45) is 1.14. The number of carboxylic acid groups (broad SMARTS) is 1. The summed E-state index contributed by atoms with van der Waals surface area (Å²) in [5, 5.41) is 22.3. The van der Waals surface area contributed by atoms with Crippen LogP contribution in [0, 0.1) is 0 Å². The standard InChI is InChI=1S/C7H11N5O5S/c8-18(16,17)2-1-9-7(15)5-3-12(11-10-5)4-6(13)14/h3H,1-2,4H2,(H,9,15)(H,13,14)(H2,8,16,17). The smallest absolute Gasteiger partial charge is 0.325 e. The van der Waals surface area contributed by atoms with Gasteiger partial charge in [0.15, 0.2) is 5.69 Å². The Hall–Kier alpha value is -2.01. The Balaban J connectivity index is 2.52. The molecule has 0 aliphatic heterocycles. The number of amides is 1. The molecule has 1 aromatic heterocycles.